The van der Waals surface area contributed by atoms with Crippen molar-refractivity contribution in [2.75, 3.05) is 17.2 Å². The summed E-state index contributed by atoms with van der Waals surface area (Å²) < 4.78 is 0. The van der Waals surface area contributed by atoms with Crippen LogP contribution in [0.1, 0.15) is 71.5 Å². The average Bonchev–Trinajstić information content (AvgIpc) is 2.48. The fourth-order valence-electron chi connectivity index (χ4n) is 3.15. The van der Waals surface area contributed by atoms with Crippen LogP contribution in [-0.2, 0) is 0 Å². The summed E-state index contributed by atoms with van der Waals surface area (Å²) >= 11 is 0. The van der Waals surface area contributed by atoms with Gasteiger partial charge in [-0.05, 0) is 25.7 Å². The van der Waals surface area contributed by atoms with E-state index in [0.717, 1.165) is 29.9 Å². The molecule has 21 heavy (non-hydrogen) atoms. The lowest BCUT2D eigenvalue weighted by atomic mass is 9.83. The molecule has 1 aromatic heterocycles. The number of nitrogens with one attached hydrogen (secondary N) is 2. The molecule has 0 aliphatic heterocycles. The van der Waals surface area contributed by atoms with Gasteiger partial charge in [0, 0.05) is 24.6 Å². The molecule has 0 saturated heterocycles. The van der Waals surface area contributed by atoms with E-state index in [2.05, 4.69) is 49.4 Å². The van der Waals surface area contributed by atoms with E-state index < -0.39 is 0 Å². The second kappa shape index (κ2) is 7.62. The van der Waals surface area contributed by atoms with Crippen molar-refractivity contribution in [3.8, 4) is 0 Å². The lowest BCUT2D eigenvalue weighted by Gasteiger charge is -2.32. The van der Waals surface area contributed by atoms with Crippen molar-refractivity contribution >= 4 is 11.6 Å². The third-order valence-corrected chi connectivity index (χ3v) is 4.38. The summed E-state index contributed by atoms with van der Waals surface area (Å²) in [6.07, 6.45) is 6.56. The van der Waals surface area contributed by atoms with Gasteiger partial charge in [-0.3, -0.25) is 0 Å². The summed E-state index contributed by atoms with van der Waals surface area (Å²) in [7, 11) is 0. The van der Waals surface area contributed by atoms with E-state index in [4.69, 9.17) is 4.98 Å². The van der Waals surface area contributed by atoms with Gasteiger partial charge < -0.3 is 10.6 Å². The van der Waals surface area contributed by atoms with Crippen molar-refractivity contribution in [2.45, 2.75) is 71.8 Å². The molecule has 1 aliphatic carbocycles. The van der Waals surface area contributed by atoms with Gasteiger partial charge in [-0.1, -0.05) is 40.0 Å². The van der Waals surface area contributed by atoms with Crippen LogP contribution >= 0.6 is 0 Å². The first kappa shape index (κ1) is 16.1. The lowest BCUT2D eigenvalue weighted by molar-refractivity contribution is 0.316. The van der Waals surface area contributed by atoms with E-state index in [1.54, 1.807) is 0 Å². The first-order valence-electron chi connectivity index (χ1n) is 8.53. The minimum Gasteiger partial charge on any atom is -0.370 e. The maximum Gasteiger partial charge on any atom is 0.135 e. The molecule has 2 atom stereocenters. The molecule has 1 heterocycles. The number of hydrogen-bond donors (Lipinski definition) is 2. The van der Waals surface area contributed by atoms with Crippen molar-refractivity contribution in [3.63, 3.8) is 0 Å². The van der Waals surface area contributed by atoms with Crippen LogP contribution in [0.15, 0.2) is 6.07 Å². The zero-order valence-corrected chi connectivity index (χ0v) is 13.9. The predicted molar refractivity (Wildman–Crippen MR) is 89.9 cm³/mol. The molecule has 4 heteroatoms. The van der Waals surface area contributed by atoms with Gasteiger partial charge in [0.15, 0.2) is 0 Å². The van der Waals surface area contributed by atoms with Crippen LogP contribution in [0.25, 0.3) is 0 Å². The molecular weight excluding hydrogens is 260 g/mol. The Morgan fingerprint density at radius 3 is 2.52 bits per heavy atom. The molecule has 1 aliphatic rings. The van der Waals surface area contributed by atoms with Gasteiger partial charge in [0.25, 0.3) is 0 Å². The second-order valence-corrected chi connectivity index (χ2v) is 6.39. The maximum absolute atomic E-state index is 4.72. The fourth-order valence-corrected chi connectivity index (χ4v) is 3.15. The molecule has 118 valence electrons. The van der Waals surface area contributed by atoms with Crippen LogP contribution < -0.4 is 10.6 Å². The zero-order valence-electron chi connectivity index (χ0n) is 13.9. The van der Waals surface area contributed by atoms with Crippen molar-refractivity contribution < 1.29 is 0 Å². The largest absolute Gasteiger partial charge is 0.370 e. The summed E-state index contributed by atoms with van der Waals surface area (Å²) in [6.45, 7) is 9.57. The first-order chi connectivity index (χ1) is 10.1. The summed E-state index contributed by atoms with van der Waals surface area (Å²) in [5.74, 6) is 3.95. The minimum absolute atomic E-state index is 0.345. The van der Waals surface area contributed by atoms with Gasteiger partial charge in [-0.2, -0.15) is 0 Å². The Morgan fingerprint density at radius 2 is 1.86 bits per heavy atom. The monoisotopic (exact) mass is 290 g/mol. The van der Waals surface area contributed by atoms with E-state index in [1.165, 1.54) is 32.1 Å². The third-order valence-electron chi connectivity index (χ3n) is 4.38. The van der Waals surface area contributed by atoms with Crippen LogP contribution in [0.5, 0.6) is 0 Å². The van der Waals surface area contributed by atoms with Crippen LogP contribution in [-0.4, -0.2) is 22.6 Å². The molecule has 1 aromatic rings. The molecule has 0 radical (unpaired) electrons. The van der Waals surface area contributed by atoms with Crippen molar-refractivity contribution in [1.29, 1.82) is 0 Å². The Kier molecular flexibility index (Phi) is 5.83. The summed E-state index contributed by atoms with van der Waals surface area (Å²) in [6, 6.07) is 2.62. The fraction of sp³-hybridized carbons (Fsp3) is 0.765. The van der Waals surface area contributed by atoms with Crippen molar-refractivity contribution in [1.82, 2.24) is 9.97 Å². The van der Waals surface area contributed by atoms with Gasteiger partial charge in [-0.25, -0.2) is 9.97 Å². The second-order valence-electron chi connectivity index (χ2n) is 6.39. The maximum atomic E-state index is 4.72. The van der Waals surface area contributed by atoms with Gasteiger partial charge in [0.2, 0.25) is 0 Å². The van der Waals surface area contributed by atoms with E-state index in [-0.39, 0.29) is 0 Å². The molecule has 1 fully saturated rings. The van der Waals surface area contributed by atoms with Gasteiger partial charge in [0.05, 0.1) is 0 Å². The molecule has 2 N–H and O–H groups in total. The Bertz CT molecular complexity index is 444. The number of rotatable bonds is 6. The molecule has 0 amide bonds. The summed E-state index contributed by atoms with van der Waals surface area (Å²) in [5.41, 5.74) is 0. The highest BCUT2D eigenvalue weighted by atomic mass is 15.1. The SMILES string of the molecule is CCNc1cc(NC2CCCCC2CC)nc(C(C)C)n1. The number of hydrogen-bond acceptors (Lipinski definition) is 4. The quantitative estimate of drug-likeness (QED) is 0.814. The number of aromatic nitrogens is 2. The third kappa shape index (κ3) is 4.32. The van der Waals surface area contributed by atoms with Crippen LogP contribution in [0.3, 0.4) is 0 Å². The van der Waals surface area contributed by atoms with Crippen molar-refractivity contribution in [3.05, 3.63) is 11.9 Å². The highest BCUT2D eigenvalue weighted by Gasteiger charge is 2.24. The topological polar surface area (TPSA) is 49.8 Å². The Balaban J connectivity index is 2.17. The zero-order chi connectivity index (χ0) is 15.2. The minimum atomic E-state index is 0.345. The molecule has 0 aromatic carbocycles. The molecular formula is C17H30N4. The van der Waals surface area contributed by atoms with Crippen molar-refractivity contribution in [2.24, 2.45) is 5.92 Å². The Morgan fingerprint density at radius 1 is 1.14 bits per heavy atom. The van der Waals surface area contributed by atoms with E-state index >= 15 is 0 Å². The summed E-state index contributed by atoms with van der Waals surface area (Å²) in [4.78, 5) is 9.31. The van der Waals surface area contributed by atoms with E-state index in [0.29, 0.717) is 12.0 Å². The highest BCUT2D eigenvalue weighted by molar-refractivity contribution is 5.48. The van der Waals surface area contributed by atoms with Crippen LogP contribution in [0.2, 0.25) is 0 Å². The first-order valence-corrected chi connectivity index (χ1v) is 8.53. The van der Waals surface area contributed by atoms with E-state index in [9.17, 15) is 0 Å². The smallest absolute Gasteiger partial charge is 0.135 e. The van der Waals surface area contributed by atoms with Gasteiger partial charge in [-0.15, -0.1) is 0 Å². The molecule has 2 rings (SSSR count). The molecule has 4 nitrogen and oxygen atoms in total. The standard InChI is InChI=1S/C17H30N4/c1-5-13-9-7-8-10-14(13)19-16-11-15(18-6-2)20-17(21-16)12(3)4/h11-14H,5-10H2,1-4H3,(H2,18,19,20,21). The Hall–Kier alpha value is -1.32. The predicted octanol–water partition coefficient (Wildman–Crippen LogP) is 4.41. The summed E-state index contributed by atoms with van der Waals surface area (Å²) in [5, 5.41) is 7.00. The average molecular weight is 290 g/mol. The van der Waals surface area contributed by atoms with Gasteiger partial charge >= 0.3 is 0 Å². The number of anilines is 2. The van der Waals surface area contributed by atoms with Crippen LogP contribution in [0, 0.1) is 5.92 Å². The normalized spacial score (nSPS) is 22.3. The number of nitrogens with zero attached hydrogens (tertiary/aromatic N) is 2. The molecule has 0 spiro atoms. The molecule has 1 saturated carbocycles. The molecule has 0 bridgehead atoms. The van der Waals surface area contributed by atoms with E-state index in [1.807, 2.05) is 0 Å². The molecule has 2 unspecified atom stereocenters. The van der Waals surface area contributed by atoms with Gasteiger partial charge in [0.1, 0.15) is 17.5 Å². The van der Waals surface area contributed by atoms with Crippen LogP contribution in [0.4, 0.5) is 11.6 Å². The lowest BCUT2D eigenvalue weighted by Crippen LogP contribution is -2.32. The Labute approximate surface area is 129 Å². The highest BCUT2D eigenvalue weighted by Crippen LogP contribution is 2.29.